The number of benzene rings is 2. The molecule has 1 aliphatic heterocycles. The quantitative estimate of drug-likeness (QED) is 0.364. The summed E-state index contributed by atoms with van der Waals surface area (Å²) < 4.78 is 7.16. The number of aryl methyl sites for hydroxylation is 1. The molecule has 204 valence electrons. The van der Waals surface area contributed by atoms with Gasteiger partial charge in [0.15, 0.2) is 5.75 Å². The molecule has 38 heavy (non-hydrogen) atoms. The molecule has 0 unspecified atom stereocenters. The molecule has 3 aromatic rings. The fourth-order valence-corrected chi connectivity index (χ4v) is 5.35. The Morgan fingerprint density at radius 1 is 1.16 bits per heavy atom. The number of thiophene rings is 1. The molecule has 2 aromatic carbocycles. The molecule has 3 N–H and O–H groups in total. The number of piperidine rings is 1. The Morgan fingerprint density at radius 3 is 2.39 bits per heavy atom. The lowest BCUT2D eigenvalue weighted by atomic mass is 10.1. The van der Waals surface area contributed by atoms with Gasteiger partial charge in [-0.1, -0.05) is 25.1 Å². The minimum atomic E-state index is -0.361. The van der Waals surface area contributed by atoms with E-state index in [-0.39, 0.29) is 30.6 Å². The zero-order chi connectivity index (χ0) is 27.7. The molecule has 0 aliphatic carbocycles. The van der Waals surface area contributed by atoms with Crippen LogP contribution in [0.15, 0.2) is 42.5 Å². The third-order valence-corrected chi connectivity index (χ3v) is 7.35. The van der Waals surface area contributed by atoms with Gasteiger partial charge in [-0.15, -0.1) is 11.3 Å². The zero-order valence-electron chi connectivity index (χ0n) is 22.5. The van der Waals surface area contributed by atoms with Crippen molar-refractivity contribution in [2.45, 2.75) is 52.2 Å². The van der Waals surface area contributed by atoms with Crippen molar-refractivity contribution in [2.75, 3.05) is 32.1 Å². The van der Waals surface area contributed by atoms with Crippen molar-refractivity contribution in [1.29, 1.82) is 0 Å². The second kappa shape index (κ2) is 14.0. The van der Waals surface area contributed by atoms with Gasteiger partial charge in [0, 0.05) is 27.4 Å². The van der Waals surface area contributed by atoms with Crippen molar-refractivity contribution < 1.29 is 24.2 Å². The molecule has 0 atom stereocenters. The standard InChI is InChI=1S/C27H33N3O3S.C2H4O2/c1-5-18-15-23-21(16-22(18)29-26(31)19-9-7-6-8-10-19)24(33-17(2)3)25(34-23)27(32)28-20-11-13-30(4)14-12-20;3-1-2-4/h6-10,15-17,20H,5,11-14H2,1-4H3,(H,28,32)(H,29,31);1,4H,2H2. The van der Waals surface area contributed by atoms with Gasteiger partial charge in [0.2, 0.25) is 0 Å². The molecule has 1 fully saturated rings. The summed E-state index contributed by atoms with van der Waals surface area (Å²) in [6, 6.07) is 13.4. The summed E-state index contributed by atoms with van der Waals surface area (Å²) in [5.74, 6) is 0.356. The van der Waals surface area contributed by atoms with Crippen molar-refractivity contribution in [3.05, 3.63) is 58.5 Å². The Morgan fingerprint density at radius 2 is 1.82 bits per heavy atom. The molecule has 9 heteroatoms. The molecule has 1 aromatic heterocycles. The highest BCUT2D eigenvalue weighted by molar-refractivity contribution is 7.21. The third kappa shape index (κ3) is 7.63. The lowest BCUT2D eigenvalue weighted by Gasteiger charge is -2.29. The fraction of sp³-hybridized carbons (Fsp3) is 0.414. The highest BCUT2D eigenvalue weighted by Crippen LogP contribution is 2.41. The van der Waals surface area contributed by atoms with Crippen molar-refractivity contribution in [2.24, 2.45) is 0 Å². The second-order valence-corrected chi connectivity index (χ2v) is 10.6. The van der Waals surface area contributed by atoms with Gasteiger partial charge in [0.1, 0.15) is 11.2 Å². The monoisotopic (exact) mass is 539 g/mol. The van der Waals surface area contributed by atoms with E-state index in [0.717, 1.165) is 53.7 Å². The van der Waals surface area contributed by atoms with Crippen LogP contribution in [-0.4, -0.2) is 67.0 Å². The zero-order valence-corrected chi connectivity index (χ0v) is 23.3. The smallest absolute Gasteiger partial charge is 0.265 e. The predicted molar refractivity (Wildman–Crippen MR) is 152 cm³/mol. The Labute approximate surface area is 228 Å². The molecule has 1 saturated heterocycles. The first kappa shape index (κ1) is 29.3. The number of likely N-dealkylation sites (tertiary alicyclic amines) is 1. The topological polar surface area (TPSA) is 108 Å². The third-order valence-electron chi connectivity index (χ3n) is 6.22. The Hall–Kier alpha value is -3.27. The van der Waals surface area contributed by atoms with E-state index in [1.165, 1.54) is 11.3 Å². The number of anilines is 1. The summed E-state index contributed by atoms with van der Waals surface area (Å²) in [6.45, 7) is 7.58. The predicted octanol–water partition coefficient (Wildman–Crippen LogP) is 4.50. The lowest BCUT2D eigenvalue weighted by Crippen LogP contribution is -2.43. The average molecular weight is 540 g/mol. The molecule has 0 radical (unpaired) electrons. The summed E-state index contributed by atoms with van der Waals surface area (Å²) in [5.41, 5.74) is 2.38. The summed E-state index contributed by atoms with van der Waals surface area (Å²) in [6.07, 6.45) is 3.00. The van der Waals surface area contributed by atoms with Crippen LogP contribution >= 0.6 is 11.3 Å². The SMILES string of the molecule is CCc1cc2sc(C(=O)NC3CCN(C)CC3)c(OC(C)C)c2cc1NC(=O)c1ccccc1.O=CCO. The van der Waals surface area contributed by atoms with Gasteiger partial charge < -0.3 is 30.2 Å². The van der Waals surface area contributed by atoms with Crippen LogP contribution in [-0.2, 0) is 11.2 Å². The van der Waals surface area contributed by atoms with Gasteiger partial charge in [-0.3, -0.25) is 9.59 Å². The van der Waals surface area contributed by atoms with Crippen LogP contribution in [0.25, 0.3) is 10.1 Å². The molecule has 0 spiro atoms. The van der Waals surface area contributed by atoms with Crippen LogP contribution < -0.4 is 15.4 Å². The number of amides is 2. The highest BCUT2D eigenvalue weighted by Gasteiger charge is 2.26. The number of carbonyl (C=O) groups is 3. The number of rotatable bonds is 8. The van der Waals surface area contributed by atoms with Gasteiger partial charge in [0.25, 0.3) is 11.8 Å². The molecule has 0 bridgehead atoms. The van der Waals surface area contributed by atoms with Crippen molar-refractivity contribution >= 4 is 45.2 Å². The first-order valence-corrected chi connectivity index (χ1v) is 13.7. The van der Waals surface area contributed by atoms with E-state index in [1.54, 1.807) is 12.1 Å². The van der Waals surface area contributed by atoms with Gasteiger partial charge in [-0.25, -0.2) is 0 Å². The first-order chi connectivity index (χ1) is 18.3. The molecule has 8 nitrogen and oxygen atoms in total. The maximum absolute atomic E-state index is 13.3. The number of aliphatic hydroxyl groups excluding tert-OH is 1. The first-order valence-electron chi connectivity index (χ1n) is 12.9. The number of carbonyl (C=O) groups excluding carboxylic acids is 3. The molecular weight excluding hydrogens is 502 g/mol. The van der Waals surface area contributed by atoms with Crippen molar-refractivity contribution in [1.82, 2.24) is 10.2 Å². The van der Waals surface area contributed by atoms with Crippen molar-refractivity contribution in [3.63, 3.8) is 0 Å². The average Bonchev–Trinajstić information content (AvgIpc) is 3.26. The molecule has 4 rings (SSSR count). The summed E-state index contributed by atoms with van der Waals surface area (Å²) in [7, 11) is 2.11. The van der Waals surface area contributed by atoms with Crippen LogP contribution in [0.3, 0.4) is 0 Å². The number of nitrogens with one attached hydrogen (secondary N) is 2. The number of aliphatic hydroxyl groups is 1. The minimum absolute atomic E-state index is 0.0825. The number of fused-ring (bicyclic) bond motifs is 1. The van der Waals surface area contributed by atoms with Gasteiger partial charge >= 0.3 is 0 Å². The normalized spacial score (nSPS) is 14.1. The van der Waals surface area contributed by atoms with E-state index < -0.39 is 0 Å². The largest absolute Gasteiger partial charge is 0.489 e. The van der Waals surface area contributed by atoms with Crippen molar-refractivity contribution in [3.8, 4) is 5.75 Å². The van der Waals surface area contributed by atoms with Crippen LogP contribution in [0.5, 0.6) is 5.75 Å². The number of hydrogen-bond acceptors (Lipinski definition) is 7. The number of aldehydes is 1. The van der Waals surface area contributed by atoms with E-state index >= 15 is 0 Å². The molecule has 2 amide bonds. The Bertz CT molecular complexity index is 1230. The molecule has 2 heterocycles. The van der Waals surface area contributed by atoms with Gasteiger partial charge in [0.05, 0.1) is 12.7 Å². The molecule has 1 aliphatic rings. The second-order valence-electron chi connectivity index (χ2n) is 9.51. The van der Waals surface area contributed by atoms with Crippen LogP contribution in [0.4, 0.5) is 5.69 Å². The van der Waals surface area contributed by atoms with E-state index in [4.69, 9.17) is 14.6 Å². The van der Waals surface area contributed by atoms with E-state index in [0.29, 0.717) is 22.5 Å². The molecule has 0 saturated carbocycles. The van der Waals surface area contributed by atoms with Crippen LogP contribution in [0.1, 0.15) is 59.2 Å². The number of hydrogen-bond donors (Lipinski definition) is 3. The van der Waals surface area contributed by atoms with E-state index in [9.17, 15) is 9.59 Å². The van der Waals surface area contributed by atoms with Crippen LogP contribution in [0.2, 0.25) is 0 Å². The van der Waals surface area contributed by atoms with Crippen LogP contribution in [0, 0.1) is 0 Å². The Balaban J connectivity index is 0.000000934. The maximum atomic E-state index is 13.3. The number of nitrogens with zero attached hydrogens (tertiary/aromatic N) is 1. The van der Waals surface area contributed by atoms with E-state index in [2.05, 4.69) is 35.6 Å². The van der Waals surface area contributed by atoms with E-state index in [1.807, 2.05) is 38.1 Å². The maximum Gasteiger partial charge on any atom is 0.265 e. The molecular formula is C29H37N3O5S. The van der Waals surface area contributed by atoms with Gasteiger partial charge in [-0.2, -0.15) is 0 Å². The summed E-state index contributed by atoms with van der Waals surface area (Å²) in [4.78, 5) is 37.9. The summed E-state index contributed by atoms with van der Waals surface area (Å²) >= 11 is 1.46. The Kier molecular flexibility index (Phi) is 10.8. The minimum Gasteiger partial charge on any atom is -0.489 e. The highest BCUT2D eigenvalue weighted by atomic mass is 32.1. The fourth-order valence-electron chi connectivity index (χ4n) is 4.26. The van der Waals surface area contributed by atoms with Gasteiger partial charge in [-0.05, 0) is 83.1 Å². The number of ether oxygens (including phenoxy) is 1. The lowest BCUT2D eigenvalue weighted by molar-refractivity contribution is -0.110. The summed E-state index contributed by atoms with van der Waals surface area (Å²) in [5, 5.41) is 14.6.